The summed E-state index contributed by atoms with van der Waals surface area (Å²) in [7, 11) is 1.77. The second-order valence-corrected chi connectivity index (χ2v) is 6.59. The van der Waals surface area contributed by atoms with Crippen molar-refractivity contribution in [2.45, 2.75) is 6.54 Å². The van der Waals surface area contributed by atoms with E-state index in [0.29, 0.717) is 16.4 Å². The molecule has 0 saturated carbocycles. The normalized spacial score (nSPS) is 10.7. The van der Waals surface area contributed by atoms with Crippen LogP contribution in [0.4, 0.5) is 11.5 Å². The maximum absolute atomic E-state index is 12.6. The number of hydrogen-bond acceptors (Lipinski definition) is 5. The Labute approximate surface area is 154 Å². The van der Waals surface area contributed by atoms with Gasteiger partial charge in [-0.15, -0.1) is 11.3 Å². The molecule has 0 bridgehead atoms. The van der Waals surface area contributed by atoms with Gasteiger partial charge in [0.2, 0.25) is 0 Å². The highest BCUT2D eigenvalue weighted by atomic mass is 35.5. The molecule has 3 rings (SSSR count). The van der Waals surface area contributed by atoms with Crippen molar-refractivity contribution in [1.82, 2.24) is 9.78 Å². The smallest absolute Gasteiger partial charge is 0.258 e. The van der Waals surface area contributed by atoms with Crippen molar-refractivity contribution in [1.29, 1.82) is 0 Å². The fourth-order valence-electron chi connectivity index (χ4n) is 2.37. The molecule has 8 heteroatoms. The largest absolute Gasteiger partial charge is 0.394 e. The third-order valence-electron chi connectivity index (χ3n) is 3.61. The van der Waals surface area contributed by atoms with Crippen LogP contribution in [-0.2, 0) is 6.54 Å². The molecule has 130 valence electrons. The number of nitrogens with one attached hydrogen (secondary N) is 2. The number of aliphatic hydroxyl groups is 1. The first-order valence-corrected chi connectivity index (χ1v) is 8.89. The molecule has 2 aromatic heterocycles. The fourth-order valence-corrected chi connectivity index (χ4v) is 3.25. The number of benzene rings is 1. The molecule has 3 N–H and O–H groups in total. The van der Waals surface area contributed by atoms with Crippen LogP contribution >= 0.6 is 22.9 Å². The lowest BCUT2D eigenvalue weighted by molar-refractivity contribution is 0.102. The predicted molar refractivity (Wildman–Crippen MR) is 102 cm³/mol. The van der Waals surface area contributed by atoms with E-state index >= 15 is 0 Å². The minimum atomic E-state index is -0.334. The van der Waals surface area contributed by atoms with Crippen LogP contribution in [0.1, 0.15) is 10.4 Å². The highest BCUT2D eigenvalue weighted by Gasteiger charge is 2.16. The fraction of sp³-hybridized carbons (Fsp3) is 0.176. The van der Waals surface area contributed by atoms with E-state index < -0.39 is 0 Å². The van der Waals surface area contributed by atoms with Gasteiger partial charge in [0.15, 0.2) is 0 Å². The Bertz CT molecular complexity index is 877. The van der Waals surface area contributed by atoms with E-state index in [4.69, 9.17) is 11.6 Å². The first-order chi connectivity index (χ1) is 12.1. The Kier molecular flexibility index (Phi) is 5.37. The van der Waals surface area contributed by atoms with Gasteiger partial charge in [-0.2, -0.15) is 5.10 Å². The monoisotopic (exact) mass is 376 g/mol. The first-order valence-electron chi connectivity index (χ1n) is 7.63. The van der Waals surface area contributed by atoms with Crippen LogP contribution in [0, 0.1) is 0 Å². The van der Waals surface area contributed by atoms with Crippen LogP contribution in [0.15, 0.2) is 41.8 Å². The Morgan fingerprint density at radius 1 is 1.36 bits per heavy atom. The van der Waals surface area contributed by atoms with Gasteiger partial charge in [-0.05, 0) is 29.6 Å². The Balaban J connectivity index is 1.90. The third kappa shape index (κ3) is 3.84. The summed E-state index contributed by atoms with van der Waals surface area (Å²) in [5.74, 6) is 0.173. The highest BCUT2D eigenvalue weighted by molar-refractivity contribution is 7.13. The summed E-state index contributed by atoms with van der Waals surface area (Å²) in [6.45, 7) is 0.204. The maximum Gasteiger partial charge on any atom is 0.258 e. The van der Waals surface area contributed by atoms with Gasteiger partial charge in [-0.25, -0.2) is 4.68 Å². The number of aliphatic hydroxyl groups excluding tert-OH is 1. The van der Waals surface area contributed by atoms with Gasteiger partial charge in [-0.3, -0.25) is 4.79 Å². The SMILES string of the molecule is CNc1ccc(Cl)c(C(=O)Nc2cc(-c3cccs3)nn2CCO)c1. The molecule has 3 aromatic rings. The Morgan fingerprint density at radius 3 is 2.88 bits per heavy atom. The number of amides is 1. The van der Waals surface area contributed by atoms with Gasteiger partial charge in [-0.1, -0.05) is 17.7 Å². The van der Waals surface area contributed by atoms with Gasteiger partial charge in [0.1, 0.15) is 11.5 Å². The van der Waals surface area contributed by atoms with Crippen molar-refractivity contribution in [3.05, 3.63) is 52.4 Å². The Hall–Kier alpha value is -2.35. The lowest BCUT2D eigenvalue weighted by Crippen LogP contribution is -2.17. The van der Waals surface area contributed by atoms with Crippen molar-refractivity contribution < 1.29 is 9.90 Å². The predicted octanol–water partition coefficient (Wildman–Crippen LogP) is 3.55. The van der Waals surface area contributed by atoms with E-state index in [9.17, 15) is 9.90 Å². The highest BCUT2D eigenvalue weighted by Crippen LogP contribution is 2.27. The van der Waals surface area contributed by atoms with Gasteiger partial charge in [0, 0.05) is 18.8 Å². The zero-order valence-corrected chi connectivity index (χ0v) is 15.1. The molecule has 1 aromatic carbocycles. The zero-order chi connectivity index (χ0) is 17.8. The standard InChI is InChI=1S/C17H17ClN4O2S/c1-19-11-4-5-13(18)12(9-11)17(24)20-16-10-14(15-3-2-8-25-15)21-22(16)6-7-23/h2-5,8-10,19,23H,6-7H2,1H3,(H,20,24). The van der Waals surface area contributed by atoms with Crippen LogP contribution in [0.25, 0.3) is 10.6 Å². The molecule has 0 aliphatic carbocycles. The summed E-state index contributed by atoms with van der Waals surface area (Å²) in [5.41, 5.74) is 1.90. The molecule has 0 radical (unpaired) electrons. The van der Waals surface area contributed by atoms with Crippen LogP contribution < -0.4 is 10.6 Å². The molecule has 0 aliphatic heterocycles. The van der Waals surface area contributed by atoms with Gasteiger partial charge >= 0.3 is 0 Å². The van der Waals surface area contributed by atoms with Crippen LogP contribution in [0.5, 0.6) is 0 Å². The second-order valence-electron chi connectivity index (χ2n) is 5.24. The third-order valence-corrected chi connectivity index (χ3v) is 4.83. The number of carbonyl (C=O) groups excluding carboxylic acids is 1. The number of rotatable bonds is 6. The summed E-state index contributed by atoms with van der Waals surface area (Å²) in [4.78, 5) is 13.6. The second kappa shape index (κ2) is 7.69. The number of carbonyl (C=O) groups is 1. The van der Waals surface area contributed by atoms with E-state index in [1.165, 1.54) is 0 Å². The maximum atomic E-state index is 12.6. The molecule has 2 heterocycles. The topological polar surface area (TPSA) is 79.2 Å². The Morgan fingerprint density at radius 2 is 2.20 bits per heavy atom. The lowest BCUT2D eigenvalue weighted by atomic mass is 10.2. The van der Waals surface area contributed by atoms with Crippen molar-refractivity contribution in [2.75, 3.05) is 24.3 Å². The molecule has 0 saturated heterocycles. The molecule has 25 heavy (non-hydrogen) atoms. The molecule has 6 nitrogen and oxygen atoms in total. The summed E-state index contributed by atoms with van der Waals surface area (Å²) in [5, 5.41) is 21.8. The van der Waals surface area contributed by atoms with Crippen LogP contribution in [0.3, 0.4) is 0 Å². The van der Waals surface area contributed by atoms with Gasteiger partial charge < -0.3 is 15.7 Å². The number of halogens is 1. The number of aromatic nitrogens is 2. The average molecular weight is 377 g/mol. The summed E-state index contributed by atoms with van der Waals surface area (Å²) in [6.07, 6.45) is 0. The molecule has 0 aliphatic rings. The molecular formula is C17H17ClN4O2S. The molecule has 0 fully saturated rings. The lowest BCUT2D eigenvalue weighted by Gasteiger charge is -2.10. The van der Waals surface area contributed by atoms with E-state index in [0.717, 1.165) is 16.3 Å². The van der Waals surface area contributed by atoms with Crippen molar-refractivity contribution >= 4 is 40.4 Å². The summed E-state index contributed by atoms with van der Waals surface area (Å²) in [6, 6.07) is 10.8. The van der Waals surface area contributed by atoms with Crippen molar-refractivity contribution in [2.24, 2.45) is 0 Å². The molecule has 0 unspecified atom stereocenters. The van der Waals surface area contributed by atoms with E-state index in [-0.39, 0.29) is 19.1 Å². The molecule has 0 spiro atoms. The first kappa shape index (κ1) is 17.5. The minimum absolute atomic E-state index is 0.0789. The minimum Gasteiger partial charge on any atom is -0.394 e. The molecule has 1 amide bonds. The van der Waals surface area contributed by atoms with E-state index in [1.807, 2.05) is 17.5 Å². The van der Waals surface area contributed by atoms with E-state index in [1.54, 1.807) is 47.3 Å². The number of nitrogens with zero attached hydrogens (tertiary/aromatic N) is 2. The van der Waals surface area contributed by atoms with Crippen LogP contribution in [-0.4, -0.2) is 34.4 Å². The summed E-state index contributed by atoms with van der Waals surface area (Å²) >= 11 is 7.71. The van der Waals surface area contributed by atoms with Gasteiger partial charge in [0.05, 0.1) is 28.6 Å². The molecular weight excluding hydrogens is 360 g/mol. The number of anilines is 2. The zero-order valence-electron chi connectivity index (χ0n) is 13.5. The number of hydrogen-bond donors (Lipinski definition) is 3. The van der Waals surface area contributed by atoms with Gasteiger partial charge in [0.25, 0.3) is 5.91 Å². The summed E-state index contributed by atoms with van der Waals surface area (Å²) < 4.78 is 1.57. The van der Waals surface area contributed by atoms with Crippen LogP contribution in [0.2, 0.25) is 5.02 Å². The quantitative estimate of drug-likeness (QED) is 0.614. The number of thiophene rings is 1. The van der Waals surface area contributed by atoms with Crippen molar-refractivity contribution in [3.63, 3.8) is 0 Å². The average Bonchev–Trinajstić information content (AvgIpc) is 3.26. The molecule has 0 atom stereocenters. The van der Waals surface area contributed by atoms with Crippen molar-refractivity contribution in [3.8, 4) is 10.6 Å². The van der Waals surface area contributed by atoms with E-state index in [2.05, 4.69) is 15.7 Å².